The summed E-state index contributed by atoms with van der Waals surface area (Å²) in [5.74, 6) is -0.874. The molecule has 6 nitrogen and oxygen atoms in total. The topological polar surface area (TPSA) is 83.4 Å². The number of rotatable bonds is 3. The largest absolute Gasteiger partial charge is 0.478 e. The van der Waals surface area contributed by atoms with Crippen LogP contribution in [0.4, 0.5) is 0 Å². The first-order chi connectivity index (χ1) is 12.3. The van der Waals surface area contributed by atoms with Gasteiger partial charge in [-0.15, -0.1) is 0 Å². The average Bonchev–Trinajstić information content (AvgIpc) is 3.10. The molecule has 2 aromatic rings. The quantitative estimate of drug-likeness (QED) is 0.912. The molecule has 1 atom stereocenters. The Labute approximate surface area is 152 Å². The molecular weight excluding hydrogens is 330 g/mol. The third-order valence-corrected chi connectivity index (χ3v) is 4.60. The predicted octanol–water partition coefficient (Wildman–Crippen LogP) is 3.55. The zero-order valence-electron chi connectivity index (χ0n) is 15.3. The number of carbonyl (C=O) groups excluding carboxylic acids is 1. The fourth-order valence-corrected chi connectivity index (χ4v) is 3.30. The number of carboxylic acids is 1. The first-order valence-electron chi connectivity index (χ1n) is 8.73. The fourth-order valence-electron chi connectivity index (χ4n) is 3.30. The maximum absolute atomic E-state index is 12.8. The number of hydrogen-bond donors (Lipinski definition) is 1. The molecule has 0 aromatic carbocycles. The number of aromatic nitrogens is 2. The van der Waals surface area contributed by atoms with Gasteiger partial charge in [0.15, 0.2) is 0 Å². The van der Waals surface area contributed by atoms with E-state index in [2.05, 4.69) is 9.97 Å². The Morgan fingerprint density at radius 2 is 2.00 bits per heavy atom. The molecule has 6 heteroatoms. The van der Waals surface area contributed by atoms with Gasteiger partial charge in [-0.3, -0.25) is 14.8 Å². The van der Waals surface area contributed by atoms with E-state index >= 15 is 0 Å². The second kappa shape index (κ2) is 6.86. The molecule has 26 heavy (non-hydrogen) atoms. The summed E-state index contributed by atoms with van der Waals surface area (Å²) in [5.41, 5.74) is 2.04. The highest BCUT2D eigenvalue weighted by atomic mass is 16.4. The molecule has 3 rings (SSSR count). The van der Waals surface area contributed by atoms with Gasteiger partial charge < -0.3 is 10.0 Å². The van der Waals surface area contributed by atoms with Gasteiger partial charge in [-0.05, 0) is 36.6 Å². The molecule has 3 heterocycles. The Balaban J connectivity index is 1.93. The minimum absolute atomic E-state index is 0.0269. The minimum Gasteiger partial charge on any atom is -0.478 e. The van der Waals surface area contributed by atoms with Crippen molar-refractivity contribution in [1.29, 1.82) is 0 Å². The zero-order valence-corrected chi connectivity index (χ0v) is 15.3. The van der Waals surface area contributed by atoms with Crippen LogP contribution in [0.2, 0.25) is 0 Å². The first-order valence-corrected chi connectivity index (χ1v) is 8.73. The van der Waals surface area contributed by atoms with E-state index in [1.54, 1.807) is 18.5 Å². The van der Waals surface area contributed by atoms with Crippen LogP contribution in [0.3, 0.4) is 0 Å². The van der Waals surface area contributed by atoms with Gasteiger partial charge in [0.05, 0.1) is 17.3 Å². The lowest BCUT2D eigenvalue weighted by atomic mass is 9.93. The van der Waals surface area contributed by atoms with Crippen LogP contribution < -0.4 is 0 Å². The van der Waals surface area contributed by atoms with Crippen molar-refractivity contribution < 1.29 is 14.7 Å². The van der Waals surface area contributed by atoms with Crippen molar-refractivity contribution in [3.63, 3.8) is 0 Å². The van der Waals surface area contributed by atoms with Crippen molar-refractivity contribution in [2.75, 3.05) is 6.54 Å². The van der Waals surface area contributed by atoms with Crippen LogP contribution >= 0.6 is 0 Å². The van der Waals surface area contributed by atoms with Crippen LogP contribution in [0, 0.1) is 5.41 Å². The van der Waals surface area contributed by atoms with Gasteiger partial charge in [-0.1, -0.05) is 20.8 Å². The molecular formula is C20H23N3O3. The van der Waals surface area contributed by atoms with E-state index in [-0.39, 0.29) is 17.5 Å². The fraction of sp³-hybridized carbons (Fsp3) is 0.400. The number of aromatic carboxylic acids is 1. The maximum Gasteiger partial charge on any atom is 0.337 e. The molecule has 0 saturated carbocycles. The highest BCUT2D eigenvalue weighted by molar-refractivity contribution is 5.88. The van der Waals surface area contributed by atoms with E-state index in [1.165, 1.54) is 6.20 Å². The van der Waals surface area contributed by atoms with Crippen LogP contribution in [-0.4, -0.2) is 38.4 Å². The maximum atomic E-state index is 12.8. The Morgan fingerprint density at radius 1 is 1.23 bits per heavy atom. The van der Waals surface area contributed by atoms with E-state index in [0.29, 0.717) is 11.3 Å². The number of amides is 1. The summed E-state index contributed by atoms with van der Waals surface area (Å²) < 4.78 is 0. The molecule has 1 amide bonds. The van der Waals surface area contributed by atoms with Gasteiger partial charge >= 0.3 is 5.97 Å². The summed E-state index contributed by atoms with van der Waals surface area (Å²) in [4.78, 5) is 34.2. The van der Waals surface area contributed by atoms with E-state index in [0.717, 1.165) is 24.9 Å². The van der Waals surface area contributed by atoms with Crippen LogP contribution in [0.1, 0.15) is 55.6 Å². The summed E-state index contributed by atoms with van der Waals surface area (Å²) in [6.07, 6.45) is 6.51. The second-order valence-electron chi connectivity index (χ2n) is 7.65. The monoisotopic (exact) mass is 353 g/mol. The molecule has 1 aliphatic heterocycles. The van der Waals surface area contributed by atoms with Crippen LogP contribution in [0.25, 0.3) is 11.3 Å². The van der Waals surface area contributed by atoms with E-state index in [4.69, 9.17) is 5.11 Å². The molecule has 1 N–H and O–H groups in total. The molecule has 0 aliphatic carbocycles. The number of nitrogens with zero attached hydrogens (tertiary/aromatic N) is 3. The molecule has 2 aromatic heterocycles. The first kappa shape index (κ1) is 18.0. The highest BCUT2D eigenvalue weighted by Gasteiger charge is 2.35. The Hall–Kier alpha value is -2.76. The van der Waals surface area contributed by atoms with Crippen molar-refractivity contribution in [2.45, 2.75) is 39.7 Å². The van der Waals surface area contributed by atoms with Crippen molar-refractivity contribution in [3.05, 3.63) is 47.9 Å². The van der Waals surface area contributed by atoms with Crippen molar-refractivity contribution in [2.24, 2.45) is 5.41 Å². The lowest BCUT2D eigenvalue weighted by Gasteiger charge is -2.31. The van der Waals surface area contributed by atoms with Crippen molar-refractivity contribution in [3.8, 4) is 11.3 Å². The molecule has 1 aliphatic rings. The highest BCUT2D eigenvalue weighted by Crippen LogP contribution is 2.36. The van der Waals surface area contributed by atoms with Gasteiger partial charge in [0.25, 0.3) is 0 Å². The van der Waals surface area contributed by atoms with Gasteiger partial charge in [-0.2, -0.15) is 0 Å². The summed E-state index contributed by atoms with van der Waals surface area (Å²) >= 11 is 0. The van der Waals surface area contributed by atoms with Crippen LogP contribution in [0.15, 0.2) is 36.8 Å². The molecule has 0 radical (unpaired) electrons. The van der Waals surface area contributed by atoms with Gasteiger partial charge in [-0.25, -0.2) is 4.79 Å². The Bertz CT molecular complexity index is 842. The second-order valence-corrected chi connectivity index (χ2v) is 7.65. The number of likely N-dealkylation sites (tertiary alicyclic amines) is 1. The number of hydrogen-bond acceptors (Lipinski definition) is 4. The molecule has 0 spiro atoms. The van der Waals surface area contributed by atoms with Crippen LogP contribution in [-0.2, 0) is 4.79 Å². The summed E-state index contributed by atoms with van der Waals surface area (Å²) in [6.45, 7) is 6.57. The molecule has 1 saturated heterocycles. The Kier molecular flexibility index (Phi) is 4.76. The summed E-state index contributed by atoms with van der Waals surface area (Å²) in [6, 6.07) is 5.45. The molecule has 136 valence electrons. The summed E-state index contributed by atoms with van der Waals surface area (Å²) in [7, 11) is 0. The van der Waals surface area contributed by atoms with Gasteiger partial charge in [0, 0.05) is 36.1 Å². The summed E-state index contributed by atoms with van der Waals surface area (Å²) in [5, 5.41) is 9.15. The molecule has 1 fully saturated rings. The van der Waals surface area contributed by atoms with E-state index in [9.17, 15) is 9.59 Å². The standard InChI is InChI=1S/C20H23N3O3/c1-20(2,3)19(26)23-8-4-5-17(23)13-6-7-22-16(10-13)14-9-15(18(24)25)12-21-11-14/h6-7,9-12,17H,4-5,8H2,1-3H3,(H,24,25)/t17-/m0/s1. The third-order valence-electron chi connectivity index (χ3n) is 4.60. The lowest BCUT2D eigenvalue weighted by Crippen LogP contribution is -2.39. The number of pyridine rings is 2. The SMILES string of the molecule is CC(C)(C)C(=O)N1CCC[C@H]1c1ccnc(-c2cncc(C(=O)O)c2)c1. The molecule has 0 unspecified atom stereocenters. The van der Waals surface area contributed by atoms with E-state index in [1.807, 2.05) is 37.8 Å². The number of carboxylic acid groups (broad SMARTS) is 1. The van der Waals surface area contributed by atoms with Gasteiger partial charge in [0.1, 0.15) is 0 Å². The normalized spacial score (nSPS) is 17.3. The molecule has 0 bridgehead atoms. The predicted molar refractivity (Wildman–Crippen MR) is 97.6 cm³/mol. The minimum atomic E-state index is -1.02. The zero-order chi connectivity index (χ0) is 18.9. The number of carbonyl (C=O) groups is 2. The van der Waals surface area contributed by atoms with Gasteiger partial charge in [0.2, 0.25) is 5.91 Å². The van der Waals surface area contributed by atoms with E-state index < -0.39 is 11.4 Å². The van der Waals surface area contributed by atoms with Crippen molar-refractivity contribution in [1.82, 2.24) is 14.9 Å². The Morgan fingerprint density at radius 3 is 2.69 bits per heavy atom. The smallest absolute Gasteiger partial charge is 0.337 e. The average molecular weight is 353 g/mol. The van der Waals surface area contributed by atoms with Crippen molar-refractivity contribution >= 4 is 11.9 Å². The lowest BCUT2D eigenvalue weighted by molar-refractivity contribution is -0.140. The third kappa shape index (κ3) is 3.59. The van der Waals surface area contributed by atoms with Crippen LogP contribution in [0.5, 0.6) is 0 Å².